The normalized spacial score (nSPS) is 11.9. The number of hydrogen-bond acceptors (Lipinski definition) is 4. The fourth-order valence-electron chi connectivity index (χ4n) is 3.09. The number of carbonyl (C=O) groups is 1. The Bertz CT molecular complexity index is 1230. The van der Waals surface area contributed by atoms with Gasteiger partial charge in [-0.1, -0.05) is 54.1 Å². The van der Waals surface area contributed by atoms with Crippen LogP contribution in [0.5, 0.6) is 5.75 Å². The Kier molecular flexibility index (Phi) is 5.19. The summed E-state index contributed by atoms with van der Waals surface area (Å²) in [6.45, 7) is 1.62. The van der Waals surface area contributed by atoms with Crippen LogP contribution in [-0.4, -0.2) is 11.9 Å². The predicted octanol–water partition coefficient (Wildman–Crippen LogP) is 5.76. The first kappa shape index (κ1) is 19.0. The molecule has 29 heavy (non-hydrogen) atoms. The van der Waals surface area contributed by atoms with Crippen molar-refractivity contribution in [2.75, 3.05) is 0 Å². The highest BCUT2D eigenvalue weighted by atomic mass is 35.5. The van der Waals surface area contributed by atoms with Gasteiger partial charge in [0.05, 0.1) is 5.39 Å². The lowest BCUT2D eigenvalue weighted by molar-refractivity contribution is 0.0815. The molecule has 144 valence electrons. The van der Waals surface area contributed by atoms with Crippen molar-refractivity contribution in [2.45, 2.75) is 13.0 Å². The van der Waals surface area contributed by atoms with Crippen molar-refractivity contribution in [3.05, 3.63) is 99.7 Å². The van der Waals surface area contributed by atoms with Gasteiger partial charge in [0, 0.05) is 16.1 Å². The van der Waals surface area contributed by atoms with E-state index in [1.807, 2.05) is 6.07 Å². The smallest absolute Gasteiger partial charge is 0.235 e. The molecule has 0 saturated heterocycles. The monoisotopic (exact) mass is 404 g/mol. The van der Waals surface area contributed by atoms with Crippen molar-refractivity contribution in [2.24, 2.45) is 0 Å². The second-order valence-electron chi connectivity index (χ2n) is 6.58. The summed E-state index contributed by atoms with van der Waals surface area (Å²) in [6.07, 6.45) is -0.868. The Labute approximate surface area is 172 Å². The first-order valence-corrected chi connectivity index (χ1v) is 9.50. The van der Waals surface area contributed by atoms with Crippen LogP contribution < -0.4 is 10.2 Å². The van der Waals surface area contributed by atoms with E-state index < -0.39 is 6.10 Å². The maximum Gasteiger partial charge on any atom is 0.235 e. The van der Waals surface area contributed by atoms with Crippen molar-refractivity contribution in [1.82, 2.24) is 0 Å². The molecule has 0 aliphatic rings. The maximum atomic E-state index is 13.2. The van der Waals surface area contributed by atoms with E-state index in [1.165, 1.54) is 0 Å². The molecule has 1 atom stereocenters. The number of benzene rings is 3. The van der Waals surface area contributed by atoms with Gasteiger partial charge in [0.25, 0.3) is 0 Å². The summed E-state index contributed by atoms with van der Waals surface area (Å²) in [5.74, 6) is 0.0427. The van der Waals surface area contributed by atoms with Gasteiger partial charge in [-0.25, -0.2) is 0 Å². The van der Waals surface area contributed by atoms with Crippen LogP contribution in [0.1, 0.15) is 17.3 Å². The number of ketones is 1. The molecule has 0 unspecified atom stereocenters. The molecule has 4 rings (SSSR count). The molecule has 0 amide bonds. The third kappa shape index (κ3) is 3.80. The van der Waals surface area contributed by atoms with E-state index in [-0.39, 0.29) is 22.7 Å². The highest BCUT2D eigenvalue weighted by Gasteiger charge is 2.23. The molecular formula is C24H17ClO4. The van der Waals surface area contributed by atoms with Gasteiger partial charge in [-0.05, 0) is 43.3 Å². The summed E-state index contributed by atoms with van der Waals surface area (Å²) in [5.41, 5.74) is 1.26. The molecule has 0 spiro atoms. The Hall–Kier alpha value is -3.37. The number of hydrogen-bond donors (Lipinski definition) is 0. The number of rotatable bonds is 5. The molecule has 0 N–H and O–H groups in total. The van der Waals surface area contributed by atoms with Crippen LogP contribution in [0.25, 0.3) is 22.3 Å². The van der Waals surface area contributed by atoms with Gasteiger partial charge in [0.2, 0.25) is 17.0 Å². The maximum absolute atomic E-state index is 13.2. The van der Waals surface area contributed by atoms with Gasteiger partial charge < -0.3 is 9.15 Å². The molecule has 4 nitrogen and oxygen atoms in total. The van der Waals surface area contributed by atoms with Gasteiger partial charge in [-0.3, -0.25) is 9.59 Å². The largest absolute Gasteiger partial charge is 0.475 e. The van der Waals surface area contributed by atoms with E-state index in [0.717, 1.165) is 0 Å². The molecular weight excluding hydrogens is 388 g/mol. The quantitative estimate of drug-likeness (QED) is 0.396. The van der Waals surface area contributed by atoms with Gasteiger partial charge in [-0.2, -0.15) is 0 Å². The molecule has 5 heteroatoms. The Balaban J connectivity index is 1.82. The second-order valence-corrected chi connectivity index (χ2v) is 7.02. The van der Waals surface area contributed by atoms with Gasteiger partial charge in [-0.15, -0.1) is 0 Å². The summed E-state index contributed by atoms with van der Waals surface area (Å²) in [4.78, 5) is 25.9. The molecule has 1 heterocycles. The number of para-hydroxylation sites is 1. The van der Waals surface area contributed by atoms with Crippen LogP contribution in [0.2, 0.25) is 5.02 Å². The molecule has 0 fully saturated rings. The lowest BCUT2D eigenvalue weighted by Crippen LogP contribution is -2.26. The van der Waals surface area contributed by atoms with Gasteiger partial charge in [0.15, 0.2) is 11.9 Å². The molecule has 0 aliphatic heterocycles. The fourth-order valence-corrected chi connectivity index (χ4v) is 3.22. The van der Waals surface area contributed by atoms with E-state index >= 15 is 0 Å². The van der Waals surface area contributed by atoms with E-state index in [1.54, 1.807) is 79.7 Å². The number of ether oxygens (including phenoxy) is 1. The van der Waals surface area contributed by atoms with Crippen molar-refractivity contribution >= 4 is 28.4 Å². The van der Waals surface area contributed by atoms with E-state index in [2.05, 4.69) is 0 Å². The Morgan fingerprint density at radius 2 is 1.59 bits per heavy atom. The lowest BCUT2D eigenvalue weighted by Gasteiger charge is -2.16. The zero-order valence-corrected chi connectivity index (χ0v) is 16.3. The summed E-state index contributed by atoms with van der Waals surface area (Å²) in [5, 5.41) is 0.951. The average molecular weight is 405 g/mol. The zero-order valence-electron chi connectivity index (χ0n) is 15.6. The fraction of sp³-hybridized carbons (Fsp3) is 0.0833. The number of carbonyl (C=O) groups excluding carboxylic acids is 1. The van der Waals surface area contributed by atoms with Crippen LogP contribution in [0.3, 0.4) is 0 Å². The standard InChI is InChI=1S/C24H17ClO4/c1-15(21(26)16-7-3-2-4-8-16)28-24-22(27)19-9-5-6-10-20(19)29-23(24)17-11-13-18(25)14-12-17/h2-15H,1H3/t15-/m0/s1. The number of fused-ring (bicyclic) bond motifs is 1. The van der Waals surface area contributed by atoms with Crippen molar-refractivity contribution in [3.8, 4) is 17.1 Å². The highest BCUT2D eigenvalue weighted by Crippen LogP contribution is 2.32. The lowest BCUT2D eigenvalue weighted by atomic mass is 10.1. The van der Waals surface area contributed by atoms with E-state index in [4.69, 9.17) is 20.8 Å². The SMILES string of the molecule is C[C@H](Oc1c(-c2ccc(Cl)cc2)oc2ccccc2c1=O)C(=O)c1ccccc1. The summed E-state index contributed by atoms with van der Waals surface area (Å²) < 4.78 is 11.9. The Morgan fingerprint density at radius 3 is 2.31 bits per heavy atom. The third-order valence-electron chi connectivity index (χ3n) is 4.58. The average Bonchev–Trinajstić information content (AvgIpc) is 2.76. The number of halogens is 1. The minimum atomic E-state index is -0.868. The van der Waals surface area contributed by atoms with Gasteiger partial charge >= 0.3 is 0 Å². The predicted molar refractivity (Wildman–Crippen MR) is 114 cm³/mol. The van der Waals surface area contributed by atoms with Crippen molar-refractivity contribution in [3.63, 3.8) is 0 Å². The minimum Gasteiger partial charge on any atom is -0.475 e. The third-order valence-corrected chi connectivity index (χ3v) is 4.84. The summed E-state index contributed by atoms with van der Waals surface area (Å²) >= 11 is 5.99. The molecule has 0 aliphatic carbocycles. The molecule has 4 aromatic rings. The molecule has 3 aromatic carbocycles. The van der Waals surface area contributed by atoms with E-state index in [9.17, 15) is 9.59 Å². The molecule has 1 aromatic heterocycles. The molecule has 0 saturated carbocycles. The minimum absolute atomic E-state index is 0.00260. The van der Waals surface area contributed by atoms with Crippen LogP contribution in [0.4, 0.5) is 0 Å². The van der Waals surface area contributed by atoms with Crippen molar-refractivity contribution < 1.29 is 13.9 Å². The van der Waals surface area contributed by atoms with Crippen LogP contribution in [0, 0.1) is 0 Å². The second kappa shape index (κ2) is 7.94. The topological polar surface area (TPSA) is 56.5 Å². The zero-order chi connectivity index (χ0) is 20.4. The summed E-state index contributed by atoms with van der Waals surface area (Å²) in [7, 11) is 0. The van der Waals surface area contributed by atoms with Crippen LogP contribution in [0.15, 0.2) is 88.1 Å². The first-order valence-electron chi connectivity index (χ1n) is 9.12. The first-order chi connectivity index (χ1) is 14.0. The summed E-state index contributed by atoms with van der Waals surface area (Å²) in [6, 6.07) is 22.6. The molecule has 0 radical (unpaired) electrons. The van der Waals surface area contributed by atoms with Crippen LogP contribution >= 0.6 is 11.6 Å². The van der Waals surface area contributed by atoms with Crippen LogP contribution in [-0.2, 0) is 0 Å². The molecule has 0 bridgehead atoms. The van der Waals surface area contributed by atoms with Gasteiger partial charge in [0.1, 0.15) is 5.58 Å². The number of Topliss-reactive ketones (excluding diaryl/α,β-unsaturated/α-hetero) is 1. The van der Waals surface area contributed by atoms with Crippen molar-refractivity contribution in [1.29, 1.82) is 0 Å². The highest BCUT2D eigenvalue weighted by molar-refractivity contribution is 6.30. The van der Waals surface area contributed by atoms with E-state index in [0.29, 0.717) is 27.1 Å². The Morgan fingerprint density at radius 1 is 0.931 bits per heavy atom.